The number of ether oxygens (including phenoxy) is 1. The number of aliphatic hydroxyl groups is 1. The summed E-state index contributed by atoms with van der Waals surface area (Å²) >= 11 is 0. The average Bonchev–Trinajstić information content (AvgIpc) is 3.56. The van der Waals surface area contributed by atoms with Gasteiger partial charge in [0.05, 0.1) is 35.5 Å². The van der Waals surface area contributed by atoms with Crippen molar-refractivity contribution in [2.24, 2.45) is 0 Å². The zero-order valence-corrected chi connectivity index (χ0v) is 22.4. The molecule has 0 saturated heterocycles. The SMILES string of the molecule is CCNc1cc2c(cn1)c(-c1cnn(C(C)(C)CO)c1)nn2[C@H]1CC[C@@H](Oc2nccc(C(F)(F)F)c2F)CC1. The molecule has 0 atom stereocenters. The van der Waals surface area contributed by atoms with Crippen LogP contribution < -0.4 is 10.1 Å². The van der Waals surface area contributed by atoms with Crippen LogP contribution in [0.4, 0.5) is 23.4 Å². The van der Waals surface area contributed by atoms with Crippen molar-refractivity contribution >= 4 is 16.7 Å². The second-order valence-electron chi connectivity index (χ2n) is 10.6. The van der Waals surface area contributed by atoms with E-state index in [4.69, 9.17) is 9.84 Å². The van der Waals surface area contributed by atoms with E-state index in [1.54, 1.807) is 17.1 Å². The highest BCUT2D eigenvalue weighted by Gasteiger charge is 2.36. The molecule has 2 N–H and O–H groups in total. The molecule has 13 heteroatoms. The van der Waals surface area contributed by atoms with Gasteiger partial charge in [-0.05, 0) is 52.5 Å². The van der Waals surface area contributed by atoms with Gasteiger partial charge < -0.3 is 15.2 Å². The third-order valence-corrected chi connectivity index (χ3v) is 7.24. The lowest BCUT2D eigenvalue weighted by Gasteiger charge is -2.29. The van der Waals surface area contributed by atoms with E-state index < -0.39 is 35.1 Å². The maximum Gasteiger partial charge on any atom is 0.419 e. The van der Waals surface area contributed by atoms with Crippen LogP contribution in [0.3, 0.4) is 0 Å². The standard InChI is InChI=1S/C27H31F4N7O2/c1-4-32-22-11-21-19(13-34-22)24(16-12-35-37(14-16)26(2,3)15-39)36-38(21)17-5-7-18(8-6-17)40-25-23(28)20(9-10-33-25)27(29,30)31/h9-14,17-18,39H,4-8,15H2,1-3H3,(H,32,34)/t17-,18+. The van der Waals surface area contributed by atoms with E-state index in [0.29, 0.717) is 49.8 Å². The van der Waals surface area contributed by atoms with Crippen molar-refractivity contribution in [2.75, 3.05) is 18.5 Å². The van der Waals surface area contributed by atoms with E-state index in [-0.39, 0.29) is 12.6 Å². The zero-order chi connectivity index (χ0) is 28.7. The van der Waals surface area contributed by atoms with Crippen LogP contribution in [0.5, 0.6) is 5.88 Å². The van der Waals surface area contributed by atoms with Crippen LogP contribution >= 0.6 is 0 Å². The molecule has 0 unspecified atom stereocenters. The molecule has 0 aromatic carbocycles. The van der Waals surface area contributed by atoms with Gasteiger partial charge in [-0.3, -0.25) is 9.36 Å². The molecule has 9 nitrogen and oxygen atoms in total. The molecule has 1 aliphatic rings. The monoisotopic (exact) mass is 561 g/mol. The van der Waals surface area contributed by atoms with Gasteiger partial charge in [0.15, 0.2) is 5.82 Å². The predicted octanol–water partition coefficient (Wildman–Crippen LogP) is 5.57. The van der Waals surface area contributed by atoms with E-state index in [9.17, 15) is 22.7 Å². The average molecular weight is 562 g/mol. The highest BCUT2D eigenvalue weighted by molar-refractivity contribution is 5.93. The molecule has 0 aliphatic heterocycles. The predicted molar refractivity (Wildman–Crippen MR) is 140 cm³/mol. The summed E-state index contributed by atoms with van der Waals surface area (Å²) in [5.41, 5.74) is 0.396. The van der Waals surface area contributed by atoms with Gasteiger partial charge in [-0.15, -0.1) is 0 Å². The lowest BCUT2D eigenvalue weighted by molar-refractivity contribution is -0.140. The first-order chi connectivity index (χ1) is 19.0. The number of alkyl halides is 3. The molecule has 0 amide bonds. The van der Waals surface area contributed by atoms with Crippen LogP contribution in [0, 0.1) is 5.82 Å². The molecular formula is C27H31F4N7O2. The minimum absolute atomic E-state index is 0.0174. The molecular weight excluding hydrogens is 530 g/mol. The summed E-state index contributed by atoms with van der Waals surface area (Å²) in [4.78, 5) is 8.23. The molecule has 1 aliphatic carbocycles. The first-order valence-corrected chi connectivity index (χ1v) is 13.2. The summed E-state index contributed by atoms with van der Waals surface area (Å²) < 4.78 is 63.0. The normalized spacial score (nSPS) is 18.3. The number of nitrogens with zero attached hydrogens (tertiary/aromatic N) is 6. The molecule has 0 spiro atoms. The Morgan fingerprint density at radius 2 is 1.88 bits per heavy atom. The highest BCUT2D eigenvalue weighted by Crippen LogP contribution is 2.38. The van der Waals surface area contributed by atoms with Crippen molar-refractivity contribution in [2.45, 2.75) is 70.3 Å². The van der Waals surface area contributed by atoms with E-state index in [2.05, 4.69) is 20.4 Å². The summed E-state index contributed by atoms with van der Waals surface area (Å²) in [5, 5.41) is 23.2. The van der Waals surface area contributed by atoms with Gasteiger partial charge in [0.1, 0.15) is 17.6 Å². The zero-order valence-electron chi connectivity index (χ0n) is 22.4. The van der Waals surface area contributed by atoms with Crippen LogP contribution in [0.15, 0.2) is 36.9 Å². The van der Waals surface area contributed by atoms with Crippen LogP contribution in [0.1, 0.15) is 58.1 Å². The molecule has 0 radical (unpaired) electrons. The number of fused-ring (bicyclic) bond motifs is 1. The molecule has 4 heterocycles. The summed E-state index contributed by atoms with van der Waals surface area (Å²) in [5.74, 6) is -1.41. The Morgan fingerprint density at radius 1 is 1.12 bits per heavy atom. The number of nitrogens with one attached hydrogen (secondary N) is 1. The maximum absolute atomic E-state index is 14.4. The molecule has 4 aromatic heterocycles. The first kappa shape index (κ1) is 27.8. The number of aromatic nitrogens is 6. The molecule has 0 bridgehead atoms. The van der Waals surface area contributed by atoms with Crippen molar-refractivity contribution in [3.8, 4) is 17.1 Å². The van der Waals surface area contributed by atoms with Gasteiger partial charge in [0, 0.05) is 42.2 Å². The van der Waals surface area contributed by atoms with Crippen molar-refractivity contribution < 1.29 is 27.4 Å². The summed E-state index contributed by atoms with van der Waals surface area (Å²) in [6.45, 7) is 6.36. The molecule has 1 saturated carbocycles. The second-order valence-corrected chi connectivity index (χ2v) is 10.6. The van der Waals surface area contributed by atoms with Gasteiger partial charge in [-0.1, -0.05) is 0 Å². The van der Waals surface area contributed by atoms with Gasteiger partial charge >= 0.3 is 6.18 Å². The molecule has 5 rings (SSSR count). The van der Waals surface area contributed by atoms with E-state index in [0.717, 1.165) is 22.7 Å². The lowest BCUT2D eigenvalue weighted by Crippen LogP contribution is -2.30. The summed E-state index contributed by atoms with van der Waals surface area (Å²) in [6, 6.07) is 2.53. The second kappa shape index (κ2) is 10.7. The van der Waals surface area contributed by atoms with Crippen LogP contribution in [-0.2, 0) is 11.7 Å². The Bertz CT molecular complexity index is 1490. The number of rotatable bonds is 8. The smallest absolute Gasteiger partial charge is 0.419 e. The largest absolute Gasteiger partial charge is 0.472 e. The topological polar surface area (TPSA) is 103 Å². The molecule has 40 heavy (non-hydrogen) atoms. The van der Waals surface area contributed by atoms with E-state index >= 15 is 0 Å². The molecule has 214 valence electrons. The number of hydrogen-bond donors (Lipinski definition) is 2. The fourth-order valence-electron chi connectivity index (χ4n) is 4.94. The van der Waals surface area contributed by atoms with Gasteiger partial charge in [0.2, 0.25) is 0 Å². The van der Waals surface area contributed by atoms with Gasteiger partial charge in [-0.2, -0.15) is 23.4 Å². The fraction of sp³-hybridized carbons (Fsp3) is 0.481. The van der Waals surface area contributed by atoms with Gasteiger partial charge in [0.25, 0.3) is 5.88 Å². The van der Waals surface area contributed by atoms with Crippen LogP contribution in [0.2, 0.25) is 0 Å². The third kappa shape index (κ3) is 5.34. The summed E-state index contributed by atoms with van der Waals surface area (Å²) in [6.07, 6.45) is 3.17. The van der Waals surface area contributed by atoms with Crippen LogP contribution in [0.25, 0.3) is 22.2 Å². The number of hydrogen-bond acceptors (Lipinski definition) is 7. The van der Waals surface area contributed by atoms with Crippen molar-refractivity contribution in [3.63, 3.8) is 0 Å². The van der Waals surface area contributed by atoms with Gasteiger partial charge in [-0.25, -0.2) is 14.4 Å². The molecule has 4 aromatic rings. The lowest BCUT2D eigenvalue weighted by atomic mass is 9.93. The number of pyridine rings is 2. The molecule has 1 fully saturated rings. The highest BCUT2D eigenvalue weighted by atomic mass is 19.4. The Hall–Kier alpha value is -3.74. The van der Waals surface area contributed by atoms with E-state index in [1.165, 1.54) is 0 Å². The summed E-state index contributed by atoms with van der Waals surface area (Å²) in [7, 11) is 0. The Morgan fingerprint density at radius 3 is 2.55 bits per heavy atom. The van der Waals surface area contributed by atoms with Crippen LogP contribution in [-0.4, -0.2) is 53.9 Å². The Balaban J connectivity index is 1.41. The minimum atomic E-state index is -4.83. The van der Waals surface area contributed by atoms with Crippen molar-refractivity contribution in [1.29, 1.82) is 0 Å². The quantitative estimate of drug-likeness (QED) is 0.271. The minimum Gasteiger partial charge on any atom is -0.472 e. The maximum atomic E-state index is 14.4. The van der Waals surface area contributed by atoms with Crippen molar-refractivity contribution in [1.82, 2.24) is 29.5 Å². The Kier molecular flexibility index (Phi) is 7.42. The fourth-order valence-corrected chi connectivity index (χ4v) is 4.94. The third-order valence-electron chi connectivity index (χ3n) is 7.24. The van der Waals surface area contributed by atoms with E-state index in [1.807, 2.05) is 37.7 Å². The number of anilines is 1. The number of aliphatic hydroxyl groups excluding tert-OH is 1. The number of halogens is 4. The van der Waals surface area contributed by atoms with Crippen molar-refractivity contribution in [3.05, 3.63) is 48.3 Å². The first-order valence-electron chi connectivity index (χ1n) is 13.2. The Labute approximate surface area is 228 Å².